The van der Waals surface area contributed by atoms with Gasteiger partial charge >= 0.3 is 0 Å². The van der Waals surface area contributed by atoms with E-state index in [1.807, 2.05) is 37.3 Å². The van der Waals surface area contributed by atoms with E-state index in [0.29, 0.717) is 12.1 Å². The topological polar surface area (TPSA) is 42.0 Å². The van der Waals surface area contributed by atoms with Crippen LogP contribution in [0.2, 0.25) is 0 Å². The van der Waals surface area contributed by atoms with Crippen molar-refractivity contribution in [2.24, 2.45) is 0 Å². The lowest BCUT2D eigenvalue weighted by molar-refractivity contribution is 0.0951. The van der Waals surface area contributed by atoms with Crippen molar-refractivity contribution in [2.45, 2.75) is 13.5 Å². The summed E-state index contributed by atoms with van der Waals surface area (Å²) < 4.78 is 0. The van der Waals surface area contributed by atoms with Crippen LogP contribution in [0.3, 0.4) is 0 Å². The van der Waals surface area contributed by atoms with Crippen LogP contribution < -0.4 is 5.32 Å². The molecule has 0 saturated carbocycles. The molecule has 1 aromatic heterocycles. The van der Waals surface area contributed by atoms with Crippen LogP contribution >= 0.6 is 0 Å². The fourth-order valence-corrected chi connectivity index (χ4v) is 1.48. The Kier molecular flexibility index (Phi) is 3.50. The molecular weight excluding hydrogens is 212 g/mol. The first-order valence-electron chi connectivity index (χ1n) is 5.50. The van der Waals surface area contributed by atoms with Gasteiger partial charge in [0.25, 0.3) is 5.91 Å². The number of aromatic nitrogens is 1. The number of pyridine rings is 1. The highest BCUT2D eigenvalue weighted by Crippen LogP contribution is 2.01. The third-order valence-corrected chi connectivity index (χ3v) is 2.46. The maximum Gasteiger partial charge on any atom is 0.251 e. The maximum absolute atomic E-state index is 11.8. The molecule has 1 N–H and O–H groups in total. The average molecular weight is 226 g/mol. The summed E-state index contributed by atoms with van der Waals surface area (Å²) in [5.74, 6) is -0.0637. The van der Waals surface area contributed by atoms with Crippen LogP contribution in [-0.4, -0.2) is 10.9 Å². The highest BCUT2D eigenvalue weighted by molar-refractivity contribution is 5.94. The van der Waals surface area contributed by atoms with Crippen molar-refractivity contribution in [3.8, 4) is 0 Å². The number of aryl methyl sites for hydroxylation is 1. The maximum atomic E-state index is 11.8. The molecule has 0 aliphatic rings. The Hall–Kier alpha value is -2.16. The third kappa shape index (κ3) is 3.14. The zero-order valence-electron chi connectivity index (χ0n) is 9.68. The molecule has 0 saturated heterocycles. The van der Waals surface area contributed by atoms with Crippen LogP contribution in [0.5, 0.6) is 0 Å². The highest BCUT2D eigenvalue weighted by Gasteiger charge is 2.03. The van der Waals surface area contributed by atoms with Gasteiger partial charge in [-0.15, -0.1) is 0 Å². The van der Waals surface area contributed by atoms with Gasteiger partial charge in [0, 0.05) is 24.0 Å². The van der Waals surface area contributed by atoms with Gasteiger partial charge in [-0.2, -0.15) is 0 Å². The van der Waals surface area contributed by atoms with Crippen molar-refractivity contribution < 1.29 is 4.79 Å². The number of nitrogens with zero attached hydrogens (tertiary/aromatic N) is 1. The van der Waals surface area contributed by atoms with E-state index in [4.69, 9.17) is 0 Å². The van der Waals surface area contributed by atoms with E-state index in [2.05, 4.69) is 10.3 Å². The Morgan fingerprint density at radius 1 is 1.18 bits per heavy atom. The molecule has 0 bridgehead atoms. The fraction of sp³-hybridized carbons (Fsp3) is 0.143. The van der Waals surface area contributed by atoms with Gasteiger partial charge in [0.15, 0.2) is 0 Å². The minimum Gasteiger partial charge on any atom is -0.348 e. The Morgan fingerprint density at radius 3 is 2.59 bits per heavy atom. The van der Waals surface area contributed by atoms with Crippen molar-refractivity contribution in [3.63, 3.8) is 0 Å². The number of amides is 1. The molecule has 17 heavy (non-hydrogen) atoms. The van der Waals surface area contributed by atoms with Gasteiger partial charge < -0.3 is 5.32 Å². The lowest BCUT2D eigenvalue weighted by atomic mass is 10.2. The smallest absolute Gasteiger partial charge is 0.251 e. The van der Waals surface area contributed by atoms with Crippen molar-refractivity contribution in [1.82, 2.24) is 10.3 Å². The molecule has 0 fully saturated rings. The Bertz CT molecular complexity index is 491. The molecule has 0 aliphatic carbocycles. The average Bonchev–Trinajstić information content (AvgIpc) is 2.39. The SMILES string of the molecule is Cc1ccc(CNC(=O)c2ccccc2)cn1. The number of hydrogen-bond acceptors (Lipinski definition) is 2. The second kappa shape index (κ2) is 5.25. The molecule has 3 heteroatoms. The first kappa shape index (κ1) is 11.3. The molecule has 1 heterocycles. The van der Waals surface area contributed by atoms with Gasteiger partial charge in [-0.3, -0.25) is 9.78 Å². The van der Waals surface area contributed by atoms with Crippen molar-refractivity contribution in [1.29, 1.82) is 0 Å². The van der Waals surface area contributed by atoms with Crippen molar-refractivity contribution >= 4 is 5.91 Å². The number of hydrogen-bond donors (Lipinski definition) is 1. The van der Waals surface area contributed by atoms with Crippen LogP contribution in [0, 0.1) is 6.92 Å². The summed E-state index contributed by atoms with van der Waals surface area (Å²) in [5.41, 5.74) is 2.65. The predicted octanol–water partition coefficient (Wildman–Crippen LogP) is 2.32. The van der Waals surface area contributed by atoms with Crippen LogP contribution in [0.4, 0.5) is 0 Å². The van der Waals surface area contributed by atoms with E-state index in [0.717, 1.165) is 11.3 Å². The standard InChI is InChI=1S/C14H14N2O/c1-11-7-8-12(9-15-11)10-16-14(17)13-5-3-2-4-6-13/h2-9H,10H2,1H3,(H,16,17). The Morgan fingerprint density at radius 2 is 1.94 bits per heavy atom. The Labute approximate surface area is 101 Å². The summed E-state index contributed by atoms with van der Waals surface area (Å²) in [4.78, 5) is 15.9. The Balaban J connectivity index is 1.95. The molecule has 0 spiro atoms. The van der Waals surface area contributed by atoms with Gasteiger partial charge in [-0.1, -0.05) is 24.3 Å². The molecule has 0 unspecified atom stereocenters. The zero-order chi connectivity index (χ0) is 12.1. The van der Waals surface area contributed by atoms with Gasteiger partial charge in [0.05, 0.1) is 0 Å². The summed E-state index contributed by atoms with van der Waals surface area (Å²) in [6.07, 6.45) is 1.78. The molecule has 86 valence electrons. The molecule has 0 radical (unpaired) electrons. The van der Waals surface area contributed by atoms with E-state index >= 15 is 0 Å². The quantitative estimate of drug-likeness (QED) is 0.872. The fourth-order valence-electron chi connectivity index (χ4n) is 1.48. The van der Waals surface area contributed by atoms with Crippen LogP contribution in [0.15, 0.2) is 48.7 Å². The van der Waals surface area contributed by atoms with Gasteiger partial charge in [0.2, 0.25) is 0 Å². The lowest BCUT2D eigenvalue weighted by Gasteiger charge is -2.05. The van der Waals surface area contributed by atoms with Crippen molar-refractivity contribution in [3.05, 3.63) is 65.5 Å². The van der Waals surface area contributed by atoms with Gasteiger partial charge in [0.1, 0.15) is 0 Å². The number of nitrogens with one attached hydrogen (secondary N) is 1. The first-order chi connectivity index (χ1) is 8.25. The minimum atomic E-state index is -0.0637. The van der Waals surface area contributed by atoms with Gasteiger partial charge in [-0.25, -0.2) is 0 Å². The summed E-state index contributed by atoms with van der Waals surface area (Å²) in [5, 5.41) is 2.86. The van der Waals surface area contributed by atoms with Crippen LogP contribution in [0.25, 0.3) is 0 Å². The minimum absolute atomic E-state index is 0.0637. The predicted molar refractivity (Wildman–Crippen MR) is 66.6 cm³/mol. The number of carbonyl (C=O) groups excluding carboxylic acids is 1. The van der Waals surface area contributed by atoms with Crippen LogP contribution in [-0.2, 0) is 6.54 Å². The van der Waals surface area contributed by atoms with E-state index in [1.54, 1.807) is 18.3 Å². The molecule has 1 aromatic carbocycles. The summed E-state index contributed by atoms with van der Waals surface area (Å²) in [6.45, 7) is 2.44. The van der Waals surface area contributed by atoms with E-state index in [1.165, 1.54) is 0 Å². The molecule has 0 aliphatic heterocycles. The number of carbonyl (C=O) groups is 1. The van der Waals surface area contributed by atoms with E-state index in [9.17, 15) is 4.79 Å². The lowest BCUT2D eigenvalue weighted by Crippen LogP contribution is -2.22. The first-order valence-corrected chi connectivity index (χ1v) is 5.50. The zero-order valence-corrected chi connectivity index (χ0v) is 9.68. The monoisotopic (exact) mass is 226 g/mol. The second-order valence-corrected chi connectivity index (χ2v) is 3.86. The highest BCUT2D eigenvalue weighted by atomic mass is 16.1. The summed E-state index contributed by atoms with van der Waals surface area (Å²) in [7, 11) is 0. The number of benzene rings is 1. The molecule has 1 amide bonds. The molecule has 2 rings (SSSR count). The van der Waals surface area contributed by atoms with Crippen LogP contribution in [0.1, 0.15) is 21.6 Å². The molecule has 2 aromatic rings. The normalized spacial score (nSPS) is 9.94. The third-order valence-electron chi connectivity index (χ3n) is 2.46. The molecular formula is C14H14N2O. The van der Waals surface area contributed by atoms with Crippen molar-refractivity contribution in [2.75, 3.05) is 0 Å². The molecule has 3 nitrogen and oxygen atoms in total. The molecule has 0 atom stereocenters. The van der Waals surface area contributed by atoms with E-state index < -0.39 is 0 Å². The van der Waals surface area contributed by atoms with E-state index in [-0.39, 0.29) is 5.91 Å². The second-order valence-electron chi connectivity index (χ2n) is 3.86. The number of rotatable bonds is 3. The summed E-state index contributed by atoms with van der Waals surface area (Å²) >= 11 is 0. The van der Waals surface area contributed by atoms with Gasteiger partial charge in [-0.05, 0) is 30.7 Å². The summed E-state index contributed by atoms with van der Waals surface area (Å²) in [6, 6.07) is 13.1. The largest absolute Gasteiger partial charge is 0.348 e.